The van der Waals surface area contributed by atoms with E-state index >= 15 is 0 Å². The average molecular weight is 256 g/mol. The highest BCUT2D eigenvalue weighted by Crippen LogP contribution is 2.64. The molecule has 3 fully saturated rings. The highest BCUT2D eigenvalue weighted by Gasteiger charge is 2.63. The van der Waals surface area contributed by atoms with Gasteiger partial charge in [0.25, 0.3) is 0 Å². The smallest absolute Gasteiger partial charge is 0.307 e. The summed E-state index contributed by atoms with van der Waals surface area (Å²) in [5.74, 6) is -5.46. The van der Waals surface area contributed by atoms with E-state index < -0.39 is 34.8 Å². The normalized spacial score (nSPS) is 33.3. The molecule has 2 bridgehead atoms. The van der Waals surface area contributed by atoms with Gasteiger partial charge in [-0.25, -0.2) is 13.2 Å². The first kappa shape index (κ1) is 11.6. The van der Waals surface area contributed by atoms with Crippen LogP contribution in [0.2, 0.25) is 0 Å². The molecule has 96 valence electrons. The van der Waals surface area contributed by atoms with Crippen molar-refractivity contribution in [3.8, 4) is 0 Å². The summed E-state index contributed by atoms with van der Waals surface area (Å²) in [6, 6.07) is 1.88. The maximum absolute atomic E-state index is 13.2. The third-order valence-electron chi connectivity index (χ3n) is 4.48. The van der Waals surface area contributed by atoms with Gasteiger partial charge in [-0.15, -0.1) is 0 Å². The third kappa shape index (κ3) is 1.27. The van der Waals surface area contributed by atoms with E-state index in [1.54, 1.807) is 0 Å². The van der Waals surface area contributed by atoms with Crippen molar-refractivity contribution >= 4 is 5.97 Å². The summed E-state index contributed by atoms with van der Waals surface area (Å²) in [6.07, 6.45) is 1.96. The number of aliphatic carboxylic acids is 1. The molecule has 0 saturated heterocycles. The van der Waals surface area contributed by atoms with Gasteiger partial charge in [-0.3, -0.25) is 4.79 Å². The van der Waals surface area contributed by atoms with Crippen LogP contribution in [0.3, 0.4) is 0 Å². The van der Waals surface area contributed by atoms with Crippen LogP contribution in [0.1, 0.15) is 24.8 Å². The Morgan fingerprint density at radius 1 is 1.28 bits per heavy atom. The molecule has 1 aromatic rings. The van der Waals surface area contributed by atoms with Crippen LogP contribution in [0.15, 0.2) is 12.1 Å². The van der Waals surface area contributed by atoms with Crippen LogP contribution in [-0.2, 0) is 10.2 Å². The Morgan fingerprint density at radius 3 is 2.39 bits per heavy atom. The molecule has 5 heteroatoms. The Morgan fingerprint density at radius 2 is 1.89 bits per heavy atom. The molecule has 3 atom stereocenters. The fourth-order valence-corrected chi connectivity index (χ4v) is 3.70. The third-order valence-corrected chi connectivity index (χ3v) is 4.48. The van der Waals surface area contributed by atoms with E-state index in [0.717, 1.165) is 18.6 Å². The van der Waals surface area contributed by atoms with E-state index in [1.165, 1.54) is 0 Å². The molecule has 1 aromatic carbocycles. The van der Waals surface area contributed by atoms with Crippen molar-refractivity contribution in [3.05, 3.63) is 35.1 Å². The summed E-state index contributed by atoms with van der Waals surface area (Å²) in [4.78, 5) is 11.2. The molecule has 0 heterocycles. The van der Waals surface area contributed by atoms with Gasteiger partial charge in [0.1, 0.15) is 0 Å². The number of carbonyl (C=O) groups is 1. The second-order valence-corrected chi connectivity index (χ2v) is 5.23. The van der Waals surface area contributed by atoms with Gasteiger partial charge in [-0.1, -0.05) is 0 Å². The summed E-state index contributed by atoms with van der Waals surface area (Å²) < 4.78 is 39.4. The SMILES string of the molecule is O=C(O)C1C2CCC1(c1cc(F)c(F)c(F)c1)C2. The molecule has 1 N–H and O–H groups in total. The zero-order valence-corrected chi connectivity index (χ0v) is 9.42. The Labute approximate surface area is 101 Å². The predicted octanol–water partition coefficient (Wildman–Crippen LogP) is 2.86. The largest absolute Gasteiger partial charge is 0.481 e. The minimum Gasteiger partial charge on any atom is -0.481 e. The quantitative estimate of drug-likeness (QED) is 0.826. The van der Waals surface area contributed by atoms with E-state index in [2.05, 4.69) is 0 Å². The lowest BCUT2D eigenvalue weighted by Gasteiger charge is -2.45. The summed E-state index contributed by atoms with van der Waals surface area (Å²) >= 11 is 0. The van der Waals surface area contributed by atoms with Gasteiger partial charge in [0.2, 0.25) is 0 Å². The molecule has 2 nitrogen and oxygen atoms in total. The predicted molar refractivity (Wildman–Crippen MR) is 56.5 cm³/mol. The minimum absolute atomic E-state index is 0.0821. The van der Waals surface area contributed by atoms with Crippen LogP contribution in [0, 0.1) is 29.3 Å². The van der Waals surface area contributed by atoms with Gasteiger partial charge in [0.15, 0.2) is 17.5 Å². The number of carboxylic acid groups (broad SMARTS) is 1. The van der Waals surface area contributed by atoms with E-state index in [0.29, 0.717) is 12.8 Å². The molecule has 3 aliphatic rings. The van der Waals surface area contributed by atoms with E-state index in [-0.39, 0.29) is 11.5 Å². The summed E-state index contributed by atoms with van der Waals surface area (Å²) in [5, 5.41) is 9.17. The zero-order valence-electron chi connectivity index (χ0n) is 9.42. The molecule has 0 aromatic heterocycles. The van der Waals surface area contributed by atoms with Gasteiger partial charge in [0.05, 0.1) is 5.92 Å². The molecule has 0 radical (unpaired) electrons. The van der Waals surface area contributed by atoms with Crippen molar-refractivity contribution in [3.63, 3.8) is 0 Å². The number of carboxylic acids is 1. The molecule has 0 aliphatic heterocycles. The summed E-state index contributed by atoms with van der Waals surface area (Å²) in [7, 11) is 0. The van der Waals surface area contributed by atoms with Gasteiger partial charge in [-0.2, -0.15) is 0 Å². The molecule has 3 aliphatic carbocycles. The van der Waals surface area contributed by atoms with Gasteiger partial charge < -0.3 is 5.11 Å². The first-order chi connectivity index (χ1) is 8.45. The van der Waals surface area contributed by atoms with Crippen LogP contribution in [0.5, 0.6) is 0 Å². The molecule has 0 spiro atoms. The number of fused-ring (bicyclic) bond motifs is 1. The summed E-state index contributed by atoms with van der Waals surface area (Å²) in [6.45, 7) is 0. The number of rotatable bonds is 2. The van der Waals surface area contributed by atoms with Crippen molar-refractivity contribution in [1.82, 2.24) is 0 Å². The lowest BCUT2D eigenvalue weighted by atomic mass is 9.57. The summed E-state index contributed by atoms with van der Waals surface area (Å²) in [5.41, 5.74) is -0.425. The van der Waals surface area contributed by atoms with Gasteiger partial charge >= 0.3 is 5.97 Å². The maximum atomic E-state index is 13.2. The van der Waals surface area contributed by atoms with Crippen LogP contribution in [-0.4, -0.2) is 11.1 Å². The van der Waals surface area contributed by atoms with Crippen LogP contribution in [0.4, 0.5) is 13.2 Å². The van der Waals surface area contributed by atoms with E-state index in [9.17, 15) is 23.1 Å². The van der Waals surface area contributed by atoms with Crippen molar-refractivity contribution in [2.24, 2.45) is 11.8 Å². The maximum Gasteiger partial charge on any atom is 0.307 e. The number of benzene rings is 1. The minimum atomic E-state index is -1.50. The highest BCUT2D eigenvalue weighted by atomic mass is 19.2. The van der Waals surface area contributed by atoms with Crippen molar-refractivity contribution in [2.45, 2.75) is 24.7 Å². The fourth-order valence-electron chi connectivity index (χ4n) is 3.70. The van der Waals surface area contributed by atoms with E-state index in [1.807, 2.05) is 0 Å². The molecule has 4 rings (SSSR count). The van der Waals surface area contributed by atoms with Crippen LogP contribution < -0.4 is 0 Å². The van der Waals surface area contributed by atoms with Crippen molar-refractivity contribution in [2.75, 3.05) is 0 Å². The Kier molecular flexibility index (Phi) is 2.24. The second-order valence-electron chi connectivity index (χ2n) is 5.23. The Hall–Kier alpha value is -1.52. The molecule has 3 saturated carbocycles. The zero-order chi connectivity index (χ0) is 13.1. The van der Waals surface area contributed by atoms with Gasteiger partial charge in [0, 0.05) is 5.41 Å². The molecular formula is C13H11F3O2. The number of hydrogen-bond donors (Lipinski definition) is 1. The molecule has 3 unspecified atom stereocenters. The number of hydrogen-bond acceptors (Lipinski definition) is 1. The highest BCUT2D eigenvalue weighted by molar-refractivity contribution is 5.75. The Bertz CT molecular complexity index is 516. The standard InChI is InChI=1S/C13H11F3O2/c14-8-3-7(4-9(15)11(8)16)13-2-1-6(5-13)10(13)12(17)18/h3-4,6,10H,1-2,5H2,(H,17,18). The van der Waals surface area contributed by atoms with Crippen LogP contribution >= 0.6 is 0 Å². The van der Waals surface area contributed by atoms with E-state index in [4.69, 9.17) is 0 Å². The van der Waals surface area contributed by atoms with Gasteiger partial charge in [-0.05, 0) is 42.9 Å². The number of halogens is 3. The second kappa shape index (κ2) is 3.49. The lowest BCUT2D eigenvalue weighted by molar-refractivity contribution is -0.150. The fraction of sp³-hybridized carbons (Fsp3) is 0.462. The average Bonchev–Trinajstić information content (AvgIpc) is 2.83. The topological polar surface area (TPSA) is 37.3 Å². The van der Waals surface area contributed by atoms with Crippen LogP contribution in [0.25, 0.3) is 0 Å². The first-order valence-electron chi connectivity index (χ1n) is 5.83. The molecular weight excluding hydrogens is 245 g/mol. The first-order valence-corrected chi connectivity index (χ1v) is 5.83. The molecule has 0 amide bonds. The lowest BCUT2D eigenvalue weighted by Crippen LogP contribution is -2.48. The van der Waals surface area contributed by atoms with Crippen molar-refractivity contribution in [1.29, 1.82) is 0 Å². The monoisotopic (exact) mass is 256 g/mol. The Balaban J connectivity index is 2.08. The van der Waals surface area contributed by atoms with Crippen molar-refractivity contribution < 1.29 is 23.1 Å². The molecule has 18 heavy (non-hydrogen) atoms.